The fourth-order valence-corrected chi connectivity index (χ4v) is 1.02. The molecule has 0 atom stereocenters. The van der Waals surface area contributed by atoms with Crippen LogP contribution in [0.2, 0.25) is 0 Å². The van der Waals surface area contributed by atoms with Gasteiger partial charge in [0.15, 0.2) is 0 Å². The molecular formula is C11H7NO. The van der Waals surface area contributed by atoms with Crippen LogP contribution in [0, 0.1) is 30.6 Å². The maximum Gasteiger partial charge on any atom is 0.236 e. The minimum atomic E-state index is -0.444. The van der Waals surface area contributed by atoms with E-state index in [-0.39, 0.29) is 0 Å². The Morgan fingerprint density at radius 1 is 1.54 bits per heavy atom. The summed E-state index contributed by atoms with van der Waals surface area (Å²) in [7, 11) is 0. The van der Waals surface area contributed by atoms with Crippen molar-refractivity contribution in [1.82, 2.24) is 0 Å². The lowest BCUT2D eigenvalue weighted by Gasteiger charge is -1.98. The molecule has 0 saturated carbocycles. The molecule has 0 spiro atoms. The van der Waals surface area contributed by atoms with E-state index < -0.39 is 5.78 Å². The normalized spacial score (nSPS) is 8.54. The van der Waals surface area contributed by atoms with Crippen LogP contribution in [0.4, 0.5) is 0 Å². The third-order valence-corrected chi connectivity index (χ3v) is 1.67. The maximum atomic E-state index is 11.2. The highest BCUT2D eigenvalue weighted by atomic mass is 16.1. The van der Waals surface area contributed by atoms with Crippen LogP contribution in [0.5, 0.6) is 0 Å². The molecular weight excluding hydrogens is 162 g/mol. The number of benzene rings is 1. The van der Waals surface area contributed by atoms with Gasteiger partial charge >= 0.3 is 0 Å². The molecule has 0 aliphatic rings. The largest absolute Gasteiger partial charge is 0.279 e. The molecule has 0 unspecified atom stereocenters. The summed E-state index contributed by atoms with van der Waals surface area (Å²) >= 11 is 0. The number of carbonyl (C=O) groups is 1. The lowest BCUT2D eigenvalue weighted by molar-refractivity contribution is 0.105. The molecule has 1 aromatic carbocycles. The van der Waals surface area contributed by atoms with E-state index in [2.05, 4.69) is 0 Å². The van der Waals surface area contributed by atoms with Crippen molar-refractivity contribution in [3.8, 4) is 18.4 Å². The number of carbonyl (C=O) groups excluding carboxylic acids is 1. The highest BCUT2D eigenvalue weighted by Crippen LogP contribution is 2.10. The fourth-order valence-electron chi connectivity index (χ4n) is 1.02. The quantitative estimate of drug-likeness (QED) is 0.364. The second-order valence-electron chi connectivity index (χ2n) is 2.63. The summed E-state index contributed by atoms with van der Waals surface area (Å²) in [5.41, 5.74) is 1.55. The number of ketones is 1. The zero-order chi connectivity index (χ0) is 9.84. The molecule has 0 saturated heterocycles. The summed E-state index contributed by atoms with van der Waals surface area (Å²) in [4.78, 5) is 11.2. The maximum absolute atomic E-state index is 11.2. The van der Waals surface area contributed by atoms with Crippen molar-refractivity contribution in [2.75, 3.05) is 0 Å². The van der Waals surface area contributed by atoms with Gasteiger partial charge in [0.2, 0.25) is 5.78 Å². The third kappa shape index (κ3) is 1.75. The Bertz CT molecular complexity index is 432. The van der Waals surface area contributed by atoms with Crippen LogP contribution < -0.4 is 0 Å². The van der Waals surface area contributed by atoms with E-state index in [4.69, 9.17) is 11.7 Å². The van der Waals surface area contributed by atoms with Gasteiger partial charge in [0.05, 0.1) is 11.6 Å². The first-order valence-electron chi connectivity index (χ1n) is 3.70. The van der Waals surface area contributed by atoms with E-state index >= 15 is 0 Å². The van der Waals surface area contributed by atoms with E-state index in [0.29, 0.717) is 11.1 Å². The fraction of sp³-hybridized carbons (Fsp3) is 0.0909. The molecule has 2 nitrogen and oxygen atoms in total. The van der Waals surface area contributed by atoms with Crippen molar-refractivity contribution in [3.05, 3.63) is 34.9 Å². The molecule has 0 fully saturated rings. The number of nitrogens with zero attached hydrogens (tertiary/aromatic N) is 1. The summed E-state index contributed by atoms with van der Waals surface area (Å²) in [5.74, 6) is 1.55. The highest BCUT2D eigenvalue weighted by molar-refractivity contribution is 6.10. The van der Waals surface area contributed by atoms with E-state index in [9.17, 15) is 4.79 Å². The average Bonchev–Trinajstić information content (AvgIpc) is 2.16. The van der Waals surface area contributed by atoms with Gasteiger partial charge in [-0.15, -0.1) is 6.42 Å². The minimum absolute atomic E-state index is 0.310. The lowest BCUT2D eigenvalue weighted by atomic mass is 10.0. The SMILES string of the molecule is C#CC(=O)c1cc(C)ccc1C#N. The van der Waals surface area contributed by atoms with Gasteiger partial charge in [-0.1, -0.05) is 11.6 Å². The minimum Gasteiger partial charge on any atom is -0.279 e. The molecule has 0 N–H and O–H groups in total. The number of hydrogen-bond donors (Lipinski definition) is 0. The van der Waals surface area contributed by atoms with Crippen molar-refractivity contribution in [2.45, 2.75) is 6.92 Å². The Hall–Kier alpha value is -2.06. The molecule has 13 heavy (non-hydrogen) atoms. The molecule has 0 aromatic heterocycles. The molecule has 0 heterocycles. The van der Waals surface area contributed by atoms with Crippen molar-refractivity contribution in [2.24, 2.45) is 0 Å². The summed E-state index contributed by atoms with van der Waals surface area (Å²) < 4.78 is 0. The average molecular weight is 169 g/mol. The molecule has 0 amide bonds. The number of Topliss-reactive ketones (excluding diaryl/α,β-unsaturated/α-hetero) is 1. The Labute approximate surface area is 76.8 Å². The second-order valence-corrected chi connectivity index (χ2v) is 2.63. The lowest BCUT2D eigenvalue weighted by Crippen LogP contribution is -1.98. The summed E-state index contributed by atoms with van der Waals surface area (Å²) in [6.07, 6.45) is 4.97. The van der Waals surface area contributed by atoms with Gasteiger partial charge in [-0.2, -0.15) is 5.26 Å². The van der Waals surface area contributed by atoms with Gasteiger partial charge < -0.3 is 0 Å². The van der Waals surface area contributed by atoms with Crippen LogP contribution in [-0.2, 0) is 0 Å². The summed E-state index contributed by atoms with van der Waals surface area (Å²) in [6, 6.07) is 6.91. The van der Waals surface area contributed by atoms with Gasteiger partial charge in [0, 0.05) is 5.56 Å². The molecule has 1 rings (SSSR count). The molecule has 0 radical (unpaired) electrons. The van der Waals surface area contributed by atoms with Crippen molar-refractivity contribution >= 4 is 5.78 Å². The Balaban J connectivity index is 3.36. The Kier molecular flexibility index (Phi) is 2.47. The smallest absolute Gasteiger partial charge is 0.236 e. The van der Waals surface area contributed by atoms with Gasteiger partial charge in [0.1, 0.15) is 0 Å². The van der Waals surface area contributed by atoms with E-state index in [1.165, 1.54) is 0 Å². The van der Waals surface area contributed by atoms with Gasteiger partial charge in [-0.3, -0.25) is 4.79 Å². The Morgan fingerprint density at radius 3 is 2.77 bits per heavy atom. The number of terminal acetylenes is 1. The van der Waals surface area contributed by atoms with Gasteiger partial charge in [-0.05, 0) is 25.0 Å². The second kappa shape index (κ2) is 3.56. The van der Waals surface area contributed by atoms with Crippen LogP contribution in [-0.4, -0.2) is 5.78 Å². The molecule has 2 heteroatoms. The predicted octanol–water partition coefficient (Wildman–Crippen LogP) is 1.68. The zero-order valence-electron chi connectivity index (χ0n) is 7.16. The van der Waals surface area contributed by atoms with Crippen LogP contribution in [0.1, 0.15) is 21.5 Å². The van der Waals surface area contributed by atoms with Crippen LogP contribution in [0.15, 0.2) is 18.2 Å². The summed E-state index contributed by atoms with van der Waals surface area (Å²) in [5, 5.41) is 8.68. The molecule has 1 aromatic rings. The highest BCUT2D eigenvalue weighted by Gasteiger charge is 2.08. The first-order chi connectivity index (χ1) is 6.19. The standard InChI is InChI=1S/C11H7NO/c1-3-11(13)10-6-8(2)4-5-9(10)7-12/h1,4-6H,2H3. The van der Waals surface area contributed by atoms with Crippen LogP contribution in [0.3, 0.4) is 0 Å². The van der Waals surface area contributed by atoms with Gasteiger partial charge in [-0.25, -0.2) is 0 Å². The molecule has 0 aliphatic heterocycles. The number of hydrogen-bond acceptors (Lipinski definition) is 2. The first kappa shape index (κ1) is 9.03. The zero-order valence-corrected chi connectivity index (χ0v) is 7.16. The topological polar surface area (TPSA) is 40.9 Å². The predicted molar refractivity (Wildman–Crippen MR) is 49.1 cm³/mol. The number of rotatable bonds is 1. The first-order valence-corrected chi connectivity index (χ1v) is 3.70. The molecule has 0 bridgehead atoms. The monoisotopic (exact) mass is 169 g/mol. The molecule has 62 valence electrons. The van der Waals surface area contributed by atoms with Crippen LogP contribution >= 0.6 is 0 Å². The van der Waals surface area contributed by atoms with Crippen molar-refractivity contribution in [3.63, 3.8) is 0 Å². The van der Waals surface area contributed by atoms with Crippen molar-refractivity contribution in [1.29, 1.82) is 5.26 Å². The summed E-state index contributed by atoms with van der Waals surface area (Å²) in [6.45, 7) is 1.84. The molecule has 0 aliphatic carbocycles. The number of aryl methyl sites for hydroxylation is 1. The van der Waals surface area contributed by atoms with Crippen molar-refractivity contribution < 1.29 is 4.79 Å². The van der Waals surface area contributed by atoms with E-state index in [0.717, 1.165) is 5.56 Å². The Morgan fingerprint density at radius 2 is 2.23 bits per heavy atom. The number of nitriles is 1. The third-order valence-electron chi connectivity index (χ3n) is 1.67. The van der Waals surface area contributed by atoms with E-state index in [1.807, 2.05) is 18.9 Å². The van der Waals surface area contributed by atoms with Gasteiger partial charge in [0.25, 0.3) is 0 Å². The van der Waals surface area contributed by atoms with E-state index in [1.54, 1.807) is 18.2 Å². The van der Waals surface area contributed by atoms with Crippen LogP contribution in [0.25, 0.3) is 0 Å².